The zero-order valence-corrected chi connectivity index (χ0v) is 9.38. The molecule has 17 heavy (non-hydrogen) atoms. The fraction of sp³-hybridized carbons (Fsp3) is 0.0769. The second kappa shape index (κ2) is 4.65. The van der Waals surface area contributed by atoms with Gasteiger partial charge in [-0.25, -0.2) is 9.78 Å². The predicted molar refractivity (Wildman–Crippen MR) is 65.4 cm³/mol. The number of anilines is 1. The summed E-state index contributed by atoms with van der Waals surface area (Å²) in [4.78, 5) is 15.5. The van der Waals surface area contributed by atoms with Crippen LogP contribution in [-0.2, 0) is 4.74 Å². The minimum atomic E-state index is -0.350. The van der Waals surface area contributed by atoms with Crippen molar-refractivity contribution in [3.05, 3.63) is 48.0 Å². The number of nitrogen functional groups attached to an aromatic ring is 1. The number of nitrogens with two attached hydrogens (primary N) is 1. The molecule has 2 rings (SSSR count). The molecule has 86 valence electrons. The Kier molecular flexibility index (Phi) is 3.05. The van der Waals surface area contributed by atoms with Crippen LogP contribution in [0.2, 0.25) is 0 Å². The minimum absolute atomic E-state index is 0.350. The summed E-state index contributed by atoms with van der Waals surface area (Å²) in [6, 6.07) is 12.5. The van der Waals surface area contributed by atoms with Gasteiger partial charge in [0, 0.05) is 5.56 Å². The maximum absolute atomic E-state index is 11.3. The van der Waals surface area contributed by atoms with Crippen molar-refractivity contribution in [2.75, 3.05) is 12.8 Å². The van der Waals surface area contributed by atoms with Gasteiger partial charge in [-0.1, -0.05) is 18.2 Å². The summed E-state index contributed by atoms with van der Waals surface area (Å²) in [7, 11) is 1.36. The fourth-order valence-electron chi connectivity index (χ4n) is 1.51. The molecule has 0 aliphatic carbocycles. The van der Waals surface area contributed by atoms with Crippen LogP contribution in [-0.4, -0.2) is 18.1 Å². The van der Waals surface area contributed by atoms with Gasteiger partial charge in [0.25, 0.3) is 0 Å². The number of esters is 1. The number of methoxy groups -OCH3 is 1. The molecule has 0 unspecified atom stereocenters. The lowest BCUT2D eigenvalue weighted by molar-refractivity contribution is 0.0601. The van der Waals surface area contributed by atoms with Crippen LogP contribution in [0.25, 0.3) is 11.3 Å². The molecule has 0 bridgehead atoms. The molecule has 0 saturated carbocycles. The van der Waals surface area contributed by atoms with Crippen LogP contribution in [0.4, 0.5) is 5.82 Å². The summed E-state index contributed by atoms with van der Waals surface area (Å²) >= 11 is 0. The van der Waals surface area contributed by atoms with Crippen LogP contribution in [0, 0.1) is 0 Å². The number of hydrogen-bond donors (Lipinski definition) is 1. The average molecular weight is 228 g/mol. The van der Waals surface area contributed by atoms with Crippen molar-refractivity contribution in [1.82, 2.24) is 4.98 Å². The second-order valence-electron chi connectivity index (χ2n) is 3.52. The molecule has 0 amide bonds. The predicted octanol–water partition coefficient (Wildman–Crippen LogP) is 2.12. The summed E-state index contributed by atoms with van der Waals surface area (Å²) in [5.74, 6) is 0.122. The smallest absolute Gasteiger partial charge is 0.337 e. The van der Waals surface area contributed by atoms with E-state index in [9.17, 15) is 4.79 Å². The third kappa shape index (κ3) is 2.42. The zero-order chi connectivity index (χ0) is 12.3. The van der Waals surface area contributed by atoms with E-state index in [0.717, 1.165) is 11.3 Å². The maximum Gasteiger partial charge on any atom is 0.337 e. The molecule has 1 aromatic carbocycles. The van der Waals surface area contributed by atoms with Crippen LogP contribution < -0.4 is 5.73 Å². The molecular weight excluding hydrogens is 216 g/mol. The molecular formula is C13H12N2O2. The van der Waals surface area contributed by atoms with Crippen LogP contribution in [0.5, 0.6) is 0 Å². The highest BCUT2D eigenvalue weighted by atomic mass is 16.5. The number of rotatable bonds is 2. The Labute approximate surface area is 99.1 Å². The van der Waals surface area contributed by atoms with Gasteiger partial charge in [-0.05, 0) is 24.3 Å². The molecule has 0 aliphatic rings. The Bertz CT molecular complexity index is 535. The van der Waals surface area contributed by atoms with Crippen molar-refractivity contribution in [1.29, 1.82) is 0 Å². The van der Waals surface area contributed by atoms with E-state index in [2.05, 4.69) is 9.72 Å². The van der Waals surface area contributed by atoms with Crippen LogP contribution in [0.3, 0.4) is 0 Å². The van der Waals surface area contributed by atoms with Gasteiger partial charge in [-0.3, -0.25) is 0 Å². The summed E-state index contributed by atoms with van der Waals surface area (Å²) in [5.41, 5.74) is 7.81. The largest absolute Gasteiger partial charge is 0.465 e. The van der Waals surface area contributed by atoms with Crippen molar-refractivity contribution >= 4 is 11.8 Å². The van der Waals surface area contributed by atoms with E-state index < -0.39 is 0 Å². The molecule has 2 aromatic rings. The van der Waals surface area contributed by atoms with E-state index in [4.69, 9.17) is 5.73 Å². The van der Waals surface area contributed by atoms with Gasteiger partial charge in [0.1, 0.15) is 5.82 Å². The first-order chi connectivity index (χ1) is 8.20. The number of carbonyl (C=O) groups excluding carboxylic acids is 1. The third-order valence-corrected chi connectivity index (χ3v) is 2.37. The van der Waals surface area contributed by atoms with Crippen LogP contribution in [0.15, 0.2) is 42.5 Å². The van der Waals surface area contributed by atoms with Gasteiger partial charge < -0.3 is 10.5 Å². The van der Waals surface area contributed by atoms with Gasteiger partial charge in [0.2, 0.25) is 0 Å². The SMILES string of the molecule is COC(=O)c1ccc(-c2cccc(N)n2)cc1. The first-order valence-corrected chi connectivity index (χ1v) is 5.12. The number of ether oxygens (including phenoxy) is 1. The monoisotopic (exact) mass is 228 g/mol. The van der Waals surface area contributed by atoms with Gasteiger partial charge >= 0.3 is 5.97 Å². The fourth-order valence-corrected chi connectivity index (χ4v) is 1.51. The summed E-state index contributed by atoms with van der Waals surface area (Å²) in [6.07, 6.45) is 0. The molecule has 4 nitrogen and oxygen atoms in total. The third-order valence-electron chi connectivity index (χ3n) is 2.37. The van der Waals surface area contributed by atoms with Crippen molar-refractivity contribution < 1.29 is 9.53 Å². The zero-order valence-electron chi connectivity index (χ0n) is 9.38. The quantitative estimate of drug-likeness (QED) is 0.799. The molecule has 0 atom stereocenters. The number of pyridine rings is 1. The highest BCUT2D eigenvalue weighted by molar-refractivity contribution is 5.89. The molecule has 0 spiro atoms. The highest BCUT2D eigenvalue weighted by Crippen LogP contribution is 2.18. The summed E-state index contributed by atoms with van der Waals surface area (Å²) in [5, 5.41) is 0. The summed E-state index contributed by atoms with van der Waals surface area (Å²) in [6.45, 7) is 0. The average Bonchev–Trinajstić information content (AvgIpc) is 2.38. The first kappa shape index (κ1) is 11.1. The van der Waals surface area contributed by atoms with Crippen molar-refractivity contribution in [3.63, 3.8) is 0 Å². The van der Waals surface area contributed by atoms with Gasteiger partial charge in [0.05, 0.1) is 18.4 Å². The Balaban J connectivity index is 2.32. The molecule has 4 heteroatoms. The standard InChI is InChI=1S/C13H12N2O2/c1-17-13(16)10-7-5-9(6-8-10)11-3-2-4-12(14)15-11/h2-8H,1H3,(H2,14,15). The van der Waals surface area contributed by atoms with E-state index in [1.807, 2.05) is 24.3 Å². The Morgan fingerprint density at radius 3 is 2.47 bits per heavy atom. The lowest BCUT2D eigenvalue weighted by Crippen LogP contribution is -2.00. The Morgan fingerprint density at radius 2 is 1.88 bits per heavy atom. The second-order valence-corrected chi connectivity index (χ2v) is 3.52. The Hall–Kier alpha value is -2.36. The molecule has 0 aliphatic heterocycles. The number of aromatic nitrogens is 1. The minimum Gasteiger partial charge on any atom is -0.465 e. The van der Waals surface area contributed by atoms with E-state index >= 15 is 0 Å². The molecule has 1 aromatic heterocycles. The number of hydrogen-bond acceptors (Lipinski definition) is 4. The number of nitrogens with zero attached hydrogens (tertiary/aromatic N) is 1. The summed E-state index contributed by atoms with van der Waals surface area (Å²) < 4.78 is 4.63. The number of carbonyl (C=O) groups is 1. The molecule has 0 fully saturated rings. The maximum atomic E-state index is 11.3. The van der Waals surface area contributed by atoms with Gasteiger partial charge in [-0.2, -0.15) is 0 Å². The van der Waals surface area contributed by atoms with Crippen molar-refractivity contribution in [2.45, 2.75) is 0 Å². The Morgan fingerprint density at radius 1 is 1.18 bits per heavy atom. The molecule has 0 radical (unpaired) electrons. The van der Waals surface area contributed by atoms with E-state index in [1.165, 1.54) is 7.11 Å². The topological polar surface area (TPSA) is 65.2 Å². The number of benzene rings is 1. The highest BCUT2D eigenvalue weighted by Gasteiger charge is 2.05. The van der Waals surface area contributed by atoms with E-state index in [0.29, 0.717) is 11.4 Å². The van der Waals surface area contributed by atoms with Crippen LogP contribution >= 0.6 is 0 Å². The normalized spacial score (nSPS) is 9.94. The van der Waals surface area contributed by atoms with E-state index in [-0.39, 0.29) is 5.97 Å². The van der Waals surface area contributed by atoms with E-state index in [1.54, 1.807) is 18.2 Å². The molecule has 1 heterocycles. The van der Waals surface area contributed by atoms with Crippen molar-refractivity contribution in [3.8, 4) is 11.3 Å². The lowest BCUT2D eigenvalue weighted by atomic mass is 10.1. The lowest BCUT2D eigenvalue weighted by Gasteiger charge is -2.03. The molecule has 0 saturated heterocycles. The van der Waals surface area contributed by atoms with Gasteiger partial charge in [0.15, 0.2) is 0 Å². The van der Waals surface area contributed by atoms with Crippen molar-refractivity contribution in [2.24, 2.45) is 0 Å². The van der Waals surface area contributed by atoms with Crippen LogP contribution in [0.1, 0.15) is 10.4 Å². The first-order valence-electron chi connectivity index (χ1n) is 5.12. The molecule has 2 N–H and O–H groups in total. The van der Waals surface area contributed by atoms with Gasteiger partial charge in [-0.15, -0.1) is 0 Å².